The Morgan fingerprint density at radius 3 is 2.17 bits per heavy atom. The quantitative estimate of drug-likeness (QED) is 0.632. The van der Waals surface area contributed by atoms with E-state index in [1.165, 1.54) is 19.3 Å². The first-order chi connectivity index (χ1) is 5.09. The molecule has 0 aromatic rings. The fraction of sp³-hybridized carbons (Fsp3) is 0.909. The van der Waals surface area contributed by atoms with Crippen LogP contribution < -0.4 is 58.2 Å². The summed E-state index contributed by atoms with van der Waals surface area (Å²) in [6.07, 6.45) is 4.26. The van der Waals surface area contributed by atoms with Crippen LogP contribution in [-0.4, -0.2) is 0 Å². The molecule has 1 fully saturated rings. The van der Waals surface area contributed by atoms with Crippen molar-refractivity contribution in [2.75, 3.05) is 0 Å². The molecule has 0 saturated heterocycles. The molecule has 0 heterocycles. The van der Waals surface area contributed by atoms with E-state index in [0.29, 0.717) is 0 Å². The van der Waals surface area contributed by atoms with Crippen molar-refractivity contribution < 1.29 is 58.2 Å². The summed E-state index contributed by atoms with van der Waals surface area (Å²) in [5, 5.41) is 0. The summed E-state index contributed by atoms with van der Waals surface area (Å²) >= 11 is 0. The standard InChI is InChI=1S/C11H21.Rb/c1-8(2)5-10-7-11(10)6-9(3)4;/h8-10H,5-7H2,1-4H3;/q-1;+1. The molecule has 1 atom stereocenters. The molecule has 66 valence electrons. The van der Waals surface area contributed by atoms with Gasteiger partial charge in [-0.3, -0.25) is 0 Å². The largest absolute Gasteiger partial charge is 1.00 e. The van der Waals surface area contributed by atoms with Crippen LogP contribution in [-0.2, 0) is 0 Å². The van der Waals surface area contributed by atoms with Gasteiger partial charge in [0.25, 0.3) is 0 Å². The first-order valence-corrected chi connectivity index (χ1v) is 4.94. The molecule has 1 aliphatic rings. The third-order valence-electron chi connectivity index (χ3n) is 2.35. The minimum atomic E-state index is 0. The second-order valence-electron chi connectivity index (χ2n) is 4.79. The Hall–Kier alpha value is 1.81. The smallest absolute Gasteiger partial charge is 0.315 e. The summed E-state index contributed by atoms with van der Waals surface area (Å²) < 4.78 is 0. The van der Waals surface area contributed by atoms with Gasteiger partial charge >= 0.3 is 58.2 Å². The van der Waals surface area contributed by atoms with Crippen LogP contribution in [0.2, 0.25) is 0 Å². The Bertz CT molecular complexity index is 104. The molecule has 1 heteroatoms. The van der Waals surface area contributed by atoms with Crippen molar-refractivity contribution in [1.82, 2.24) is 0 Å². The van der Waals surface area contributed by atoms with E-state index in [1.54, 1.807) is 0 Å². The van der Waals surface area contributed by atoms with Gasteiger partial charge in [0.2, 0.25) is 0 Å². The summed E-state index contributed by atoms with van der Waals surface area (Å²) in [6.45, 7) is 9.28. The average molecular weight is 239 g/mol. The van der Waals surface area contributed by atoms with Crippen molar-refractivity contribution >= 4 is 0 Å². The maximum absolute atomic E-state index is 2.32. The second-order valence-corrected chi connectivity index (χ2v) is 4.79. The molecule has 0 amide bonds. The first kappa shape index (κ1) is 13.8. The molecule has 1 rings (SSSR count). The molecule has 0 N–H and O–H groups in total. The van der Waals surface area contributed by atoms with Crippen molar-refractivity contribution in [2.45, 2.75) is 47.0 Å². The van der Waals surface area contributed by atoms with Gasteiger partial charge in [0.15, 0.2) is 0 Å². The van der Waals surface area contributed by atoms with Gasteiger partial charge in [0.1, 0.15) is 0 Å². The van der Waals surface area contributed by atoms with E-state index < -0.39 is 0 Å². The Balaban J connectivity index is 0.00000121. The molecular formula is C11H21Rb. The topological polar surface area (TPSA) is 0 Å². The Labute approximate surface area is 127 Å². The summed E-state index contributed by atoms with van der Waals surface area (Å²) in [4.78, 5) is 0. The summed E-state index contributed by atoms with van der Waals surface area (Å²) in [6, 6.07) is 0. The van der Waals surface area contributed by atoms with Crippen LogP contribution >= 0.6 is 0 Å². The molecular weight excluding hydrogens is 218 g/mol. The van der Waals surface area contributed by atoms with Crippen LogP contribution in [0.4, 0.5) is 0 Å². The predicted molar refractivity (Wildman–Crippen MR) is 50.3 cm³/mol. The average Bonchev–Trinajstić information content (AvgIpc) is 2.43. The van der Waals surface area contributed by atoms with Gasteiger partial charge in [-0.15, -0.1) is 0 Å². The summed E-state index contributed by atoms with van der Waals surface area (Å²) in [5.74, 6) is 4.62. The molecule has 1 saturated carbocycles. The zero-order valence-electron chi connectivity index (χ0n) is 9.35. The normalized spacial score (nSPS) is 23.0. The fourth-order valence-corrected chi connectivity index (χ4v) is 1.85. The number of hydrogen-bond donors (Lipinski definition) is 0. The molecule has 0 nitrogen and oxygen atoms in total. The first-order valence-electron chi connectivity index (χ1n) is 4.94. The zero-order valence-corrected chi connectivity index (χ0v) is 14.3. The van der Waals surface area contributed by atoms with Gasteiger partial charge in [-0.2, -0.15) is 12.3 Å². The van der Waals surface area contributed by atoms with Crippen LogP contribution in [0.25, 0.3) is 0 Å². The SMILES string of the molecule is CC(C)C[C-]1CC1CC(C)C.[Rb+]. The van der Waals surface area contributed by atoms with Crippen molar-refractivity contribution in [3.63, 3.8) is 0 Å². The van der Waals surface area contributed by atoms with E-state index in [-0.39, 0.29) is 58.2 Å². The number of rotatable bonds is 4. The van der Waals surface area contributed by atoms with Crippen LogP contribution in [0.3, 0.4) is 0 Å². The predicted octanol–water partition coefficient (Wildman–Crippen LogP) is 0.677. The van der Waals surface area contributed by atoms with Gasteiger partial charge in [0, 0.05) is 0 Å². The van der Waals surface area contributed by atoms with Crippen LogP contribution in [0, 0.1) is 23.7 Å². The van der Waals surface area contributed by atoms with Gasteiger partial charge in [-0.1, -0.05) is 40.0 Å². The fourth-order valence-electron chi connectivity index (χ4n) is 1.85. The van der Waals surface area contributed by atoms with E-state index in [1.807, 2.05) is 5.92 Å². The minimum absolute atomic E-state index is 0. The molecule has 0 bridgehead atoms. The number of hydrogen-bond acceptors (Lipinski definition) is 0. The van der Waals surface area contributed by atoms with Gasteiger partial charge in [-0.25, -0.2) is 6.42 Å². The molecule has 12 heavy (non-hydrogen) atoms. The minimum Gasteiger partial charge on any atom is -0.315 e. The van der Waals surface area contributed by atoms with Gasteiger partial charge < -0.3 is 5.92 Å². The second kappa shape index (κ2) is 6.32. The van der Waals surface area contributed by atoms with Crippen molar-refractivity contribution in [1.29, 1.82) is 0 Å². The maximum atomic E-state index is 2.32. The summed E-state index contributed by atoms with van der Waals surface area (Å²) in [7, 11) is 0. The molecule has 0 aromatic heterocycles. The molecule has 0 spiro atoms. The zero-order chi connectivity index (χ0) is 8.43. The van der Waals surface area contributed by atoms with E-state index in [4.69, 9.17) is 0 Å². The van der Waals surface area contributed by atoms with E-state index in [0.717, 1.165) is 17.8 Å². The van der Waals surface area contributed by atoms with Gasteiger partial charge in [0.05, 0.1) is 0 Å². The van der Waals surface area contributed by atoms with Crippen LogP contribution in [0.15, 0.2) is 0 Å². The molecule has 0 aliphatic heterocycles. The monoisotopic (exact) mass is 238 g/mol. The Morgan fingerprint density at radius 2 is 1.75 bits per heavy atom. The van der Waals surface area contributed by atoms with Crippen molar-refractivity contribution in [3.05, 3.63) is 5.92 Å². The molecule has 1 aliphatic carbocycles. The van der Waals surface area contributed by atoms with E-state index in [2.05, 4.69) is 27.7 Å². The molecule has 0 radical (unpaired) electrons. The van der Waals surface area contributed by atoms with Crippen molar-refractivity contribution in [2.24, 2.45) is 17.8 Å². The van der Waals surface area contributed by atoms with E-state index in [9.17, 15) is 0 Å². The Kier molecular flexibility index (Phi) is 7.27. The van der Waals surface area contributed by atoms with Crippen molar-refractivity contribution in [3.8, 4) is 0 Å². The maximum Gasteiger partial charge on any atom is 1.00 e. The molecule has 0 aromatic carbocycles. The van der Waals surface area contributed by atoms with Crippen LogP contribution in [0.5, 0.6) is 0 Å². The summed E-state index contributed by atoms with van der Waals surface area (Å²) in [5.41, 5.74) is 0. The Morgan fingerprint density at radius 1 is 1.17 bits per heavy atom. The van der Waals surface area contributed by atoms with Gasteiger partial charge in [-0.05, 0) is 5.92 Å². The van der Waals surface area contributed by atoms with E-state index >= 15 is 0 Å². The molecule has 1 unspecified atom stereocenters. The van der Waals surface area contributed by atoms with Crippen LogP contribution in [0.1, 0.15) is 47.0 Å². The third-order valence-corrected chi connectivity index (χ3v) is 2.35. The third kappa shape index (κ3) is 5.52.